The Kier molecular flexibility index (Phi) is 6.51. The molecular formula is C16H32N2O2S. The summed E-state index contributed by atoms with van der Waals surface area (Å²) in [6, 6.07) is 0.859. The SMILES string of the molecule is CCCNC1CCCCCC1CN(C)C1CCS(=O)(=O)C1. The Labute approximate surface area is 130 Å². The van der Waals surface area contributed by atoms with E-state index in [1.54, 1.807) is 0 Å². The van der Waals surface area contributed by atoms with Gasteiger partial charge in [-0.1, -0.05) is 26.2 Å². The van der Waals surface area contributed by atoms with E-state index in [4.69, 9.17) is 0 Å². The van der Waals surface area contributed by atoms with E-state index >= 15 is 0 Å². The minimum Gasteiger partial charge on any atom is -0.314 e. The van der Waals surface area contributed by atoms with Gasteiger partial charge in [-0.2, -0.15) is 0 Å². The van der Waals surface area contributed by atoms with E-state index in [-0.39, 0.29) is 6.04 Å². The fourth-order valence-electron chi connectivity index (χ4n) is 3.84. The minimum absolute atomic E-state index is 0.241. The third kappa shape index (κ3) is 5.22. The predicted octanol–water partition coefficient (Wildman–Crippen LogP) is 2.05. The summed E-state index contributed by atoms with van der Waals surface area (Å²) in [7, 11) is -0.655. The summed E-state index contributed by atoms with van der Waals surface area (Å²) in [6.07, 6.45) is 8.57. The molecule has 21 heavy (non-hydrogen) atoms. The van der Waals surface area contributed by atoms with Crippen LogP contribution in [-0.4, -0.2) is 57.0 Å². The van der Waals surface area contributed by atoms with E-state index in [9.17, 15) is 8.42 Å². The van der Waals surface area contributed by atoms with Crippen molar-refractivity contribution in [2.24, 2.45) is 5.92 Å². The summed E-state index contributed by atoms with van der Waals surface area (Å²) in [5.41, 5.74) is 0. The normalized spacial score (nSPS) is 33.2. The average molecular weight is 317 g/mol. The van der Waals surface area contributed by atoms with Crippen molar-refractivity contribution < 1.29 is 8.42 Å². The Morgan fingerprint density at radius 2 is 1.90 bits per heavy atom. The topological polar surface area (TPSA) is 49.4 Å². The Morgan fingerprint density at radius 3 is 2.57 bits per heavy atom. The van der Waals surface area contributed by atoms with Gasteiger partial charge in [0.05, 0.1) is 11.5 Å². The molecule has 1 aliphatic heterocycles. The predicted molar refractivity (Wildman–Crippen MR) is 88.3 cm³/mol. The van der Waals surface area contributed by atoms with Crippen LogP contribution in [0.15, 0.2) is 0 Å². The molecule has 1 aliphatic carbocycles. The van der Waals surface area contributed by atoms with Crippen LogP contribution in [0.3, 0.4) is 0 Å². The molecule has 5 heteroatoms. The fourth-order valence-corrected chi connectivity index (χ4v) is 5.65. The van der Waals surface area contributed by atoms with E-state index in [1.807, 2.05) is 0 Å². The van der Waals surface area contributed by atoms with Crippen LogP contribution in [0.25, 0.3) is 0 Å². The first-order valence-corrected chi connectivity index (χ1v) is 10.5. The number of rotatable bonds is 6. The molecule has 0 aromatic heterocycles. The summed E-state index contributed by atoms with van der Waals surface area (Å²) in [4.78, 5) is 2.32. The Hall–Kier alpha value is -0.130. The molecule has 0 bridgehead atoms. The number of hydrogen-bond donors (Lipinski definition) is 1. The van der Waals surface area contributed by atoms with Gasteiger partial charge in [0, 0.05) is 18.6 Å². The van der Waals surface area contributed by atoms with Crippen molar-refractivity contribution >= 4 is 9.84 Å². The molecule has 2 aliphatic rings. The smallest absolute Gasteiger partial charge is 0.151 e. The molecule has 0 radical (unpaired) electrons. The molecule has 1 N–H and O–H groups in total. The summed E-state index contributed by atoms with van der Waals surface area (Å²) in [5, 5.41) is 3.73. The highest BCUT2D eigenvalue weighted by Gasteiger charge is 2.33. The van der Waals surface area contributed by atoms with E-state index in [2.05, 4.69) is 24.2 Å². The van der Waals surface area contributed by atoms with Gasteiger partial charge in [-0.3, -0.25) is 0 Å². The van der Waals surface area contributed by atoms with Crippen molar-refractivity contribution in [1.82, 2.24) is 10.2 Å². The Bertz CT molecular complexity index is 411. The highest BCUT2D eigenvalue weighted by atomic mass is 32.2. The van der Waals surface area contributed by atoms with Crippen molar-refractivity contribution in [1.29, 1.82) is 0 Å². The molecule has 3 atom stereocenters. The summed E-state index contributed by atoms with van der Waals surface area (Å²) in [6.45, 7) is 4.36. The molecule has 1 heterocycles. The standard InChI is InChI=1S/C16H32N2O2S/c1-3-10-17-16-8-6-4-5-7-14(16)12-18(2)15-9-11-21(19,20)13-15/h14-17H,3-13H2,1-2H3. The third-order valence-corrected chi connectivity index (χ3v) is 6.92. The summed E-state index contributed by atoms with van der Waals surface area (Å²) >= 11 is 0. The second kappa shape index (κ2) is 7.93. The second-order valence-corrected chi connectivity index (χ2v) is 9.18. The van der Waals surface area contributed by atoms with Crippen LogP contribution >= 0.6 is 0 Å². The molecule has 2 rings (SSSR count). The zero-order valence-electron chi connectivity index (χ0n) is 13.7. The molecule has 4 nitrogen and oxygen atoms in total. The van der Waals surface area contributed by atoms with Gasteiger partial charge in [-0.25, -0.2) is 8.42 Å². The quantitative estimate of drug-likeness (QED) is 0.762. The molecule has 0 amide bonds. The molecule has 0 aromatic carbocycles. The molecule has 0 spiro atoms. The molecule has 2 fully saturated rings. The summed E-state index contributed by atoms with van der Waals surface area (Å²) in [5.74, 6) is 1.42. The average Bonchev–Trinajstić information content (AvgIpc) is 2.67. The maximum Gasteiger partial charge on any atom is 0.151 e. The van der Waals surface area contributed by atoms with Gasteiger partial charge in [0.2, 0.25) is 0 Å². The van der Waals surface area contributed by atoms with E-state index in [1.165, 1.54) is 38.5 Å². The minimum atomic E-state index is -2.77. The maximum atomic E-state index is 11.7. The zero-order chi connectivity index (χ0) is 15.3. The zero-order valence-corrected chi connectivity index (χ0v) is 14.5. The van der Waals surface area contributed by atoms with Gasteiger partial charge in [-0.05, 0) is 45.2 Å². The van der Waals surface area contributed by atoms with Gasteiger partial charge in [0.25, 0.3) is 0 Å². The van der Waals surface area contributed by atoms with Crippen molar-refractivity contribution in [2.75, 3.05) is 31.6 Å². The monoisotopic (exact) mass is 316 g/mol. The summed E-state index contributed by atoms with van der Waals surface area (Å²) < 4.78 is 23.3. The third-order valence-electron chi connectivity index (χ3n) is 5.17. The molecule has 124 valence electrons. The van der Waals surface area contributed by atoms with Crippen molar-refractivity contribution in [3.63, 3.8) is 0 Å². The van der Waals surface area contributed by atoms with Crippen molar-refractivity contribution in [3.05, 3.63) is 0 Å². The second-order valence-electron chi connectivity index (χ2n) is 6.96. The molecular weight excluding hydrogens is 284 g/mol. The lowest BCUT2D eigenvalue weighted by Crippen LogP contribution is -2.44. The van der Waals surface area contributed by atoms with Crippen molar-refractivity contribution in [3.8, 4) is 0 Å². The van der Waals surface area contributed by atoms with E-state index in [0.717, 1.165) is 19.5 Å². The lowest BCUT2D eigenvalue weighted by molar-refractivity contribution is 0.187. The lowest BCUT2D eigenvalue weighted by atomic mass is 9.93. The first-order valence-electron chi connectivity index (χ1n) is 8.66. The van der Waals surface area contributed by atoms with Crippen LogP contribution in [-0.2, 0) is 9.84 Å². The Morgan fingerprint density at radius 1 is 1.14 bits per heavy atom. The van der Waals surface area contributed by atoms with E-state index in [0.29, 0.717) is 23.5 Å². The van der Waals surface area contributed by atoms with Gasteiger partial charge < -0.3 is 10.2 Å². The van der Waals surface area contributed by atoms with Crippen LogP contribution in [0.2, 0.25) is 0 Å². The van der Waals surface area contributed by atoms with Crippen LogP contribution in [0.1, 0.15) is 51.9 Å². The van der Waals surface area contributed by atoms with Crippen molar-refractivity contribution in [2.45, 2.75) is 64.0 Å². The largest absolute Gasteiger partial charge is 0.314 e. The number of nitrogens with one attached hydrogen (secondary N) is 1. The molecule has 1 saturated carbocycles. The number of nitrogens with zero attached hydrogens (tertiary/aromatic N) is 1. The van der Waals surface area contributed by atoms with Crippen LogP contribution < -0.4 is 5.32 Å². The van der Waals surface area contributed by atoms with Crippen LogP contribution in [0.5, 0.6) is 0 Å². The van der Waals surface area contributed by atoms with Crippen LogP contribution in [0, 0.1) is 5.92 Å². The number of hydrogen-bond acceptors (Lipinski definition) is 4. The van der Waals surface area contributed by atoms with Gasteiger partial charge in [-0.15, -0.1) is 0 Å². The van der Waals surface area contributed by atoms with Gasteiger partial charge >= 0.3 is 0 Å². The van der Waals surface area contributed by atoms with Gasteiger partial charge in [0.15, 0.2) is 9.84 Å². The van der Waals surface area contributed by atoms with Gasteiger partial charge in [0.1, 0.15) is 0 Å². The highest BCUT2D eigenvalue weighted by Crippen LogP contribution is 2.26. The fraction of sp³-hybridized carbons (Fsp3) is 1.00. The highest BCUT2D eigenvalue weighted by molar-refractivity contribution is 7.91. The number of sulfone groups is 1. The van der Waals surface area contributed by atoms with E-state index < -0.39 is 9.84 Å². The molecule has 1 saturated heterocycles. The first kappa shape index (κ1) is 17.2. The molecule has 0 aromatic rings. The molecule has 3 unspecified atom stereocenters. The lowest BCUT2D eigenvalue weighted by Gasteiger charge is -2.32. The first-order chi connectivity index (χ1) is 10.0. The van der Waals surface area contributed by atoms with Crippen LogP contribution in [0.4, 0.5) is 0 Å². The maximum absolute atomic E-state index is 11.7. The Balaban J connectivity index is 1.90.